The molecule has 8 heteroatoms. The van der Waals surface area contributed by atoms with E-state index in [9.17, 15) is 9.59 Å². The second-order valence-electron chi connectivity index (χ2n) is 3.97. The molecule has 2 aromatic heterocycles. The summed E-state index contributed by atoms with van der Waals surface area (Å²) in [5.41, 5.74) is 0.581. The maximum atomic E-state index is 11.7. The molecule has 2 aromatic rings. The van der Waals surface area contributed by atoms with Crippen LogP contribution in [0.5, 0.6) is 0 Å². The maximum absolute atomic E-state index is 11.7. The standard InChI is InChI=1S/C11H13N3O4S/c15-3-1-8(10(17)18)13-9(16)5-7-6-14-2-4-19-11(14)12-7/h2,4,6,8,15H,1,3,5H2,(H,13,16)(H,17,18)/t8-/m1/s1. The Bertz CT molecular complexity index is 563. The lowest BCUT2D eigenvalue weighted by Crippen LogP contribution is -2.42. The van der Waals surface area contributed by atoms with E-state index in [4.69, 9.17) is 10.2 Å². The van der Waals surface area contributed by atoms with Crippen LogP contribution in [0, 0.1) is 0 Å². The van der Waals surface area contributed by atoms with Crippen molar-refractivity contribution in [1.82, 2.24) is 14.7 Å². The van der Waals surface area contributed by atoms with Gasteiger partial charge in [0, 0.05) is 30.8 Å². The Morgan fingerprint density at radius 1 is 1.53 bits per heavy atom. The fourth-order valence-electron chi connectivity index (χ4n) is 1.66. The average molecular weight is 283 g/mol. The fourth-order valence-corrected chi connectivity index (χ4v) is 2.38. The number of aliphatic hydroxyl groups excluding tert-OH is 1. The summed E-state index contributed by atoms with van der Waals surface area (Å²) >= 11 is 1.46. The number of fused-ring (bicyclic) bond motifs is 1. The zero-order valence-corrected chi connectivity index (χ0v) is 10.8. The fraction of sp³-hybridized carbons (Fsp3) is 0.364. The SMILES string of the molecule is O=C(Cc1cn2ccsc2n1)N[C@H](CCO)C(=O)O. The summed E-state index contributed by atoms with van der Waals surface area (Å²) in [6.45, 7) is -0.294. The van der Waals surface area contributed by atoms with E-state index >= 15 is 0 Å². The number of aliphatic hydroxyl groups is 1. The molecule has 0 saturated carbocycles. The third kappa shape index (κ3) is 3.30. The minimum absolute atomic E-state index is 0.0145. The Morgan fingerprint density at radius 3 is 2.95 bits per heavy atom. The summed E-state index contributed by atoms with van der Waals surface area (Å²) in [7, 11) is 0. The van der Waals surface area contributed by atoms with E-state index in [1.165, 1.54) is 11.3 Å². The minimum atomic E-state index is -1.16. The van der Waals surface area contributed by atoms with Crippen LogP contribution in [0.3, 0.4) is 0 Å². The number of aromatic nitrogens is 2. The van der Waals surface area contributed by atoms with Crippen LogP contribution in [0.25, 0.3) is 4.96 Å². The molecule has 102 valence electrons. The van der Waals surface area contributed by atoms with Gasteiger partial charge in [-0.1, -0.05) is 0 Å². The molecule has 19 heavy (non-hydrogen) atoms. The number of nitrogens with zero attached hydrogens (tertiary/aromatic N) is 2. The van der Waals surface area contributed by atoms with Gasteiger partial charge < -0.3 is 15.5 Å². The predicted molar refractivity (Wildman–Crippen MR) is 68.0 cm³/mol. The zero-order chi connectivity index (χ0) is 13.8. The first-order chi connectivity index (χ1) is 9.10. The topological polar surface area (TPSA) is 104 Å². The van der Waals surface area contributed by atoms with E-state index in [0.29, 0.717) is 5.69 Å². The van der Waals surface area contributed by atoms with Crippen LogP contribution >= 0.6 is 11.3 Å². The van der Waals surface area contributed by atoms with Gasteiger partial charge >= 0.3 is 5.97 Å². The summed E-state index contributed by atoms with van der Waals surface area (Å²) in [6.07, 6.45) is 3.57. The highest BCUT2D eigenvalue weighted by Gasteiger charge is 2.19. The summed E-state index contributed by atoms with van der Waals surface area (Å²) < 4.78 is 1.80. The van der Waals surface area contributed by atoms with Crippen LogP contribution in [0.4, 0.5) is 0 Å². The molecule has 0 saturated heterocycles. The van der Waals surface area contributed by atoms with Gasteiger partial charge in [-0.05, 0) is 0 Å². The Kier molecular flexibility index (Phi) is 4.13. The highest BCUT2D eigenvalue weighted by molar-refractivity contribution is 7.15. The summed E-state index contributed by atoms with van der Waals surface area (Å²) in [6, 6.07) is -1.07. The first kappa shape index (κ1) is 13.5. The number of aliphatic carboxylic acids is 1. The largest absolute Gasteiger partial charge is 0.480 e. The van der Waals surface area contributed by atoms with Crippen molar-refractivity contribution < 1.29 is 19.8 Å². The molecule has 2 heterocycles. The van der Waals surface area contributed by atoms with Gasteiger partial charge in [-0.25, -0.2) is 9.78 Å². The van der Waals surface area contributed by atoms with Gasteiger partial charge in [0.05, 0.1) is 12.1 Å². The lowest BCUT2D eigenvalue weighted by Gasteiger charge is -2.12. The molecule has 2 rings (SSSR count). The molecule has 0 unspecified atom stereocenters. The van der Waals surface area contributed by atoms with E-state index in [1.54, 1.807) is 10.6 Å². The third-order valence-corrected chi connectivity index (χ3v) is 3.31. The number of carbonyl (C=O) groups is 2. The Morgan fingerprint density at radius 2 is 2.32 bits per heavy atom. The van der Waals surface area contributed by atoms with Gasteiger partial charge in [-0.15, -0.1) is 11.3 Å². The highest BCUT2D eigenvalue weighted by atomic mass is 32.1. The van der Waals surface area contributed by atoms with Crippen molar-refractivity contribution >= 4 is 28.2 Å². The Labute approximate surface area is 112 Å². The van der Waals surface area contributed by atoms with Gasteiger partial charge in [0.15, 0.2) is 4.96 Å². The minimum Gasteiger partial charge on any atom is -0.480 e. The molecular weight excluding hydrogens is 270 g/mol. The second-order valence-corrected chi connectivity index (χ2v) is 4.85. The number of hydrogen-bond donors (Lipinski definition) is 3. The maximum Gasteiger partial charge on any atom is 0.326 e. The van der Waals surface area contributed by atoms with Gasteiger partial charge in [-0.2, -0.15) is 0 Å². The molecule has 0 aliphatic heterocycles. The van der Waals surface area contributed by atoms with Crippen LogP contribution in [0.1, 0.15) is 12.1 Å². The molecule has 0 aliphatic carbocycles. The molecule has 0 aromatic carbocycles. The molecule has 0 aliphatic rings. The van der Waals surface area contributed by atoms with Gasteiger partial charge in [0.25, 0.3) is 0 Å². The highest BCUT2D eigenvalue weighted by Crippen LogP contribution is 2.11. The number of thiazole rings is 1. The van der Waals surface area contributed by atoms with E-state index in [2.05, 4.69) is 10.3 Å². The molecular formula is C11H13N3O4S. The molecule has 3 N–H and O–H groups in total. The normalized spacial score (nSPS) is 12.5. The van der Waals surface area contributed by atoms with Crippen LogP contribution in [-0.4, -0.2) is 44.1 Å². The van der Waals surface area contributed by atoms with Crippen LogP contribution < -0.4 is 5.32 Å². The first-order valence-corrected chi connectivity index (χ1v) is 6.52. The predicted octanol–water partition coefficient (Wildman–Crippen LogP) is -0.110. The van der Waals surface area contributed by atoms with Gasteiger partial charge in [0.2, 0.25) is 5.91 Å². The van der Waals surface area contributed by atoms with Crippen molar-refractivity contribution in [2.75, 3.05) is 6.61 Å². The van der Waals surface area contributed by atoms with E-state index in [-0.39, 0.29) is 19.4 Å². The summed E-state index contributed by atoms with van der Waals surface area (Å²) in [5, 5.41) is 21.8. The monoisotopic (exact) mass is 283 g/mol. The number of hydrogen-bond acceptors (Lipinski definition) is 5. The molecule has 0 fully saturated rings. The second kappa shape index (κ2) is 5.81. The number of carbonyl (C=O) groups excluding carboxylic acids is 1. The number of carboxylic acids is 1. The molecule has 0 spiro atoms. The van der Waals surface area contributed by atoms with E-state index in [1.807, 2.05) is 11.6 Å². The smallest absolute Gasteiger partial charge is 0.326 e. The number of imidazole rings is 1. The van der Waals surface area contributed by atoms with Crippen molar-refractivity contribution in [2.45, 2.75) is 18.9 Å². The first-order valence-electron chi connectivity index (χ1n) is 5.64. The van der Waals surface area contributed by atoms with Gasteiger partial charge in [-0.3, -0.25) is 9.20 Å². The van der Waals surface area contributed by atoms with Gasteiger partial charge in [0.1, 0.15) is 6.04 Å². The lowest BCUT2D eigenvalue weighted by molar-refractivity contribution is -0.142. The Balaban J connectivity index is 1.96. The van der Waals surface area contributed by atoms with Crippen molar-refractivity contribution in [3.8, 4) is 0 Å². The molecule has 0 radical (unpaired) electrons. The van der Waals surface area contributed by atoms with E-state index < -0.39 is 17.9 Å². The van der Waals surface area contributed by atoms with Crippen molar-refractivity contribution in [1.29, 1.82) is 0 Å². The van der Waals surface area contributed by atoms with Crippen LogP contribution in [-0.2, 0) is 16.0 Å². The van der Waals surface area contributed by atoms with Crippen molar-refractivity contribution in [2.24, 2.45) is 0 Å². The number of rotatable bonds is 6. The molecule has 7 nitrogen and oxygen atoms in total. The Hall–Kier alpha value is -1.93. The van der Waals surface area contributed by atoms with Crippen LogP contribution in [0.15, 0.2) is 17.8 Å². The van der Waals surface area contributed by atoms with E-state index in [0.717, 1.165) is 4.96 Å². The lowest BCUT2D eigenvalue weighted by atomic mass is 10.2. The number of amides is 1. The number of carboxylic acid groups (broad SMARTS) is 1. The zero-order valence-electron chi connectivity index (χ0n) is 9.94. The molecule has 0 bridgehead atoms. The van der Waals surface area contributed by atoms with Crippen molar-refractivity contribution in [3.05, 3.63) is 23.5 Å². The van der Waals surface area contributed by atoms with Crippen LogP contribution in [0.2, 0.25) is 0 Å². The van der Waals surface area contributed by atoms with Crippen molar-refractivity contribution in [3.63, 3.8) is 0 Å². The quantitative estimate of drug-likeness (QED) is 0.686. The summed E-state index contributed by atoms with van der Waals surface area (Å²) in [4.78, 5) is 27.6. The third-order valence-electron chi connectivity index (χ3n) is 2.54. The average Bonchev–Trinajstić information content (AvgIpc) is 2.88. The molecule has 1 atom stereocenters. The molecule has 1 amide bonds. The summed E-state index contributed by atoms with van der Waals surface area (Å²) in [5.74, 6) is -1.58. The number of nitrogens with one attached hydrogen (secondary N) is 1.